The fraction of sp³-hybridized carbons (Fsp3) is 0.136. The number of carbonyl (C=O) groups excluding carboxylic acids is 1. The largest absolute Gasteiger partial charge is 0.423 e. The van der Waals surface area contributed by atoms with E-state index in [1.807, 2.05) is 13.0 Å². The number of halogens is 2. The van der Waals surface area contributed by atoms with E-state index in [4.69, 9.17) is 27.6 Å². The molecule has 0 bridgehead atoms. The monoisotopic (exact) mass is 474 g/mol. The minimum atomic E-state index is -0.438. The molecule has 2 heterocycles. The van der Waals surface area contributed by atoms with E-state index in [0.717, 1.165) is 10.9 Å². The predicted octanol–water partition coefficient (Wildman–Crippen LogP) is 5.00. The number of rotatable bonds is 4. The van der Waals surface area contributed by atoms with Gasteiger partial charge in [0.05, 0.1) is 23.7 Å². The van der Waals surface area contributed by atoms with Crippen molar-refractivity contribution in [2.45, 2.75) is 6.92 Å². The van der Waals surface area contributed by atoms with E-state index in [9.17, 15) is 14.7 Å². The van der Waals surface area contributed by atoms with Crippen LogP contribution in [-0.2, 0) is 4.79 Å². The summed E-state index contributed by atoms with van der Waals surface area (Å²) in [7, 11) is 0. The molecule has 0 atom stereocenters. The summed E-state index contributed by atoms with van der Waals surface area (Å²) in [5.74, 6) is -0.285. The number of aryl methyl sites for hydroxylation is 1. The Hall–Kier alpha value is -2.58. The predicted molar refractivity (Wildman–Crippen MR) is 125 cm³/mol. The third-order valence-electron chi connectivity index (χ3n) is 4.62. The number of benzene rings is 2. The van der Waals surface area contributed by atoms with Gasteiger partial charge in [0.1, 0.15) is 5.58 Å². The lowest BCUT2D eigenvalue weighted by molar-refractivity contribution is -0.122. The molecule has 1 saturated heterocycles. The summed E-state index contributed by atoms with van der Waals surface area (Å²) in [6.07, 6.45) is 1.67. The van der Waals surface area contributed by atoms with Gasteiger partial charge in [-0.2, -0.15) is 0 Å². The fourth-order valence-corrected chi connectivity index (χ4v) is 4.62. The topological polar surface area (TPSA) is 83.1 Å². The van der Waals surface area contributed by atoms with Crippen LogP contribution in [0.5, 0.6) is 0 Å². The second-order valence-corrected chi connectivity index (χ2v) is 8.63. The summed E-state index contributed by atoms with van der Waals surface area (Å²) in [5, 5.41) is 11.6. The highest BCUT2D eigenvalue weighted by Crippen LogP contribution is 2.36. The molecule has 1 amide bonds. The average Bonchev–Trinajstić information content (AvgIpc) is 2.99. The normalized spacial score (nSPS) is 16.8. The van der Waals surface area contributed by atoms with Gasteiger partial charge in [0.15, 0.2) is 5.17 Å². The Morgan fingerprint density at radius 1 is 1.16 bits per heavy atom. The smallest absolute Gasteiger partial charge is 0.336 e. The Kier molecular flexibility index (Phi) is 6.20. The zero-order chi connectivity index (χ0) is 22.1. The molecule has 1 fully saturated rings. The average molecular weight is 475 g/mol. The van der Waals surface area contributed by atoms with E-state index in [-0.39, 0.29) is 19.1 Å². The highest BCUT2D eigenvalue weighted by molar-refractivity contribution is 8.18. The SMILES string of the molecule is Cc1cc(=O)oc2cc(N=C3S/C(=C\c4ccc(Cl)cc4Cl)C(=O)N3CCO)ccc12. The Balaban J connectivity index is 1.73. The van der Waals surface area contributed by atoms with Crippen molar-refractivity contribution in [3.05, 3.63) is 79.0 Å². The van der Waals surface area contributed by atoms with Crippen molar-refractivity contribution < 1.29 is 14.3 Å². The first-order valence-corrected chi connectivity index (χ1v) is 10.8. The molecule has 1 aliphatic heterocycles. The van der Waals surface area contributed by atoms with Crippen LogP contribution in [0.25, 0.3) is 17.0 Å². The standard InChI is InChI=1S/C22H16Cl2N2O4S/c1-12-8-20(28)30-18-11-15(4-5-16(12)18)25-22-26(6-7-27)21(29)19(31-22)9-13-2-3-14(23)10-17(13)24/h2-5,8-11,27H,6-7H2,1H3/b19-9-,25-22?. The molecule has 158 valence electrons. The molecule has 6 nitrogen and oxygen atoms in total. The van der Waals surface area contributed by atoms with E-state index < -0.39 is 5.63 Å². The summed E-state index contributed by atoms with van der Waals surface area (Å²) >= 11 is 13.3. The number of nitrogens with zero attached hydrogens (tertiary/aromatic N) is 2. The van der Waals surface area contributed by atoms with Crippen molar-refractivity contribution in [1.82, 2.24) is 4.90 Å². The molecular formula is C22H16Cl2N2O4S. The van der Waals surface area contributed by atoms with Crippen LogP contribution in [0.3, 0.4) is 0 Å². The van der Waals surface area contributed by atoms with Gasteiger partial charge in [0.2, 0.25) is 0 Å². The van der Waals surface area contributed by atoms with Crippen LogP contribution < -0.4 is 5.63 Å². The van der Waals surface area contributed by atoms with Crippen molar-refractivity contribution in [3.8, 4) is 0 Å². The molecule has 31 heavy (non-hydrogen) atoms. The molecule has 4 rings (SSSR count). The minimum Gasteiger partial charge on any atom is -0.423 e. The number of β-amino-alcohol motifs (C(OH)–C–C–N with tert-alkyl or cyclic N) is 1. The van der Waals surface area contributed by atoms with E-state index in [1.165, 1.54) is 22.7 Å². The highest BCUT2D eigenvalue weighted by Gasteiger charge is 2.33. The van der Waals surface area contributed by atoms with Crippen LogP contribution in [0, 0.1) is 6.92 Å². The molecule has 2 aromatic carbocycles. The van der Waals surface area contributed by atoms with Crippen molar-refractivity contribution in [2.75, 3.05) is 13.2 Å². The number of fused-ring (bicyclic) bond motifs is 1. The van der Waals surface area contributed by atoms with Crippen LogP contribution in [-0.4, -0.2) is 34.2 Å². The van der Waals surface area contributed by atoms with E-state index in [0.29, 0.717) is 37.0 Å². The van der Waals surface area contributed by atoms with Crippen molar-refractivity contribution in [2.24, 2.45) is 4.99 Å². The van der Waals surface area contributed by atoms with Crippen LogP contribution in [0.1, 0.15) is 11.1 Å². The summed E-state index contributed by atoms with van der Waals surface area (Å²) in [5.41, 5.74) is 1.95. The highest BCUT2D eigenvalue weighted by atomic mass is 35.5. The second-order valence-electron chi connectivity index (χ2n) is 6.78. The first-order chi connectivity index (χ1) is 14.9. The Bertz CT molecular complexity index is 1320. The van der Waals surface area contributed by atoms with Gasteiger partial charge in [-0.25, -0.2) is 9.79 Å². The van der Waals surface area contributed by atoms with E-state index in [1.54, 1.807) is 36.4 Å². The van der Waals surface area contributed by atoms with E-state index in [2.05, 4.69) is 4.99 Å². The molecule has 0 saturated carbocycles. The number of aliphatic imine (C=N–C) groups is 1. The first-order valence-electron chi connectivity index (χ1n) is 9.26. The maximum absolute atomic E-state index is 12.9. The Labute approximate surface area is 191 Å². The molecule has 9 heteroatoms. The maximum atomic E-state index is 12.9. The van der Waals surface area contributed by atoms with Crippen molar-refractivity contribution >= 4 is 68.8 Å². The number of hydrogen-bond acceptors (Lipinski definition) is 6. The third kappa shape index (κ3) is 4.55. The van der Waals surface area contributed by atoms with Crippen LogP contribution in [0.4, 0.5) is 5.69 Å². The molecule has 1 aromatic heterocycles. The molecule has 0 spiro atoms. The van der Waals surface area contributed by atoms with Gasteiger partial charge in [0, 0.05) is 27.6 Å². The summed E-state index contributed by atoms with van der Waals surface area (Å²) in [6.45, 7) is 1.71. The molecule has 0 unspecified atom stereocenters. The molecule has 1 N–H and O–H groups in total. The zero-order valence-corrected chi connectivity index (χ0v) is 18.6. The molecular weight excluding hydrogens is 459 g/mol. The van der Waals surface area contributed by atoms with Crippen LogP contribution in [0.15, 0.2) is 61.6 Å². The zero-order valence-electron chi connectivity index (χ0n) is 16.3. The number of amides is 1. The Morgan fingerprint density at radius 2 is 1.97 bits per heavy atom. The number of carbonyl (C=O) groups is 1. The fourth-order valence-electron chi connectivity index (χ4n) is 3.14. The van der Waals surface area contributed by atoms with Gasteiger partial charge in [0.25, 0.3) is 5.91 Å². The van der Waals surface area contributed by atoms with Crippen molar-refractivity contribution in [1.29, 1.82) is 0 Å². The summed E-state index contributed by atoms with van der Waals surface area (Å²) in [6, 6.07) is 11.7. The molecule has 3 aromatic rings. The lowest BCUT2D eigenvalue weighted by Crippen LogP contribution is -2.31. The summed E-state index contributed by atoms with van der Waals surface area (Å²) < 4.78 is 5.28. The van der Waals surface area contributed by atoms with Crippen molar-refractivity contribution in [3.63, 3.8) is 0 Å². The molecule has 0 aliphatic carbocycles. The quantitative estimate of drug-likeness (QED) is 0.424. The van der Waals surface area contributed by atoms with E-state index >= 15 is 0 Å². The lowest BCUT2D eigenvalue weighted by atomic mass is 10.1. The van der Waals surface area contributed by atoms with Gasteiger partial charge in [-0.05, 0) is 60.2 Å². The second kappa shape index (κ2) is 8.88. The number of aliphatic hydroxyl groups is 1. The van der Waals surface area contributed by atoms with Crippen LogP contribution >= 0.6 is 35.0 Å². The van der Waals surface area contributed by atoms with Gasteiger partial charge in [-0.3, -0.25) is 9.69 Å². The van der Waals surface area contributed by atoms with Gasteiger partial charge in [-0.15, -0.1) is 0 Å². The van der Waals surface area contributed by atoms with Gasteiger partial charge in [-0.1, -0.05) is 29.3 Å². The third-order valence-corrected chi connectivity index (χ3v) is 6.19. The lowest BCUT2D eigenvalue weighted by Gasteiger charge is -2.13. The maximum Gasteiger partial charge on any atom is 0.336 e. The van der Waals surface area contributed by atoms with Gasteiger partial charge >= 0.3 is 5.63 Å². The molecule has 1 aliphatic rings. The minimum absolute atomic E-state index is 0.0954. The number of thioether (sulfide) groups is 1. The number of aliphatic hydroxyl groups excluding tert-OH is 1. The Morgan fingerprint density at radius 3 is 2.71 bits per heavy atom. The van der Waals surface area contributed by atoms with Gasteiger partial charge < -0.3 is 9.52 Å². The number of hydrogen-bond donors (Lipinski definition) is 1. The number of amidine groups is 1. The summed E-state index contributed by atoms with van der Waals surface area (Å²) in [4.78, 5) is 31.0. The molecule has 0 radical (unpaired) electrons. The van der Waals surface area contributed by atoms with Crippen LogP contribution in [0.2, 0.25) is 10.0 Å². The first kappa shape index (κ1) is 21.6.